The minimum atomic E-state index is -0.120. The second-order valence-electron chi connectivity index (χ2n) is 7.00. The van der Waals surface area contributed by atoms with E-state index in [1.54, 1.807) is 24.2 Å². The number of amides is 2. The molecule has 1 aliphatic rings. The Kier molecular flexibility index (Phi) is 4.69. The van der Waals surface area contributed by atoms with Gasteiger partial charge in [-0.05, 0) is 42.7 Å². The number of aromatic nitrogens is 1. The van der Waals surface area contributed by atoms with Crippen LogP contribution < -0.4 is 5.32 Å². The number of para-hydroxylation sites is 1. The van der Waals surface area contributed by atoms with Crippen LogP contribution in [0.2, 0.25) is 0 Å². The second-order valence-corrected chi connectivity index (χ2v) is 7.00. The van der Waals surface area contributed by atoms with Crippen LogP contribution in [0.1, 0.15) is 28.9 Å². The zero-order valence-electron chi connectivity index (χ0n) is 15.9. The molecule has 6 nitrogen and oxygen atoms in total. The number of benzene rings is 1. The van der Waals surface area contributed by atoms with Gasteiger partial charge in [0, 0.05) is 36.7 Å². The van der Waals surface area contributed by atoms with E-state index in [0.717, 1.165) is 33.4 Å². The van der Waals surface area contributed by atoms with Crippen molar-refractivity contribution in [2.75, 3.05) is 12.4 Å². The highest BCUT2D eigenvalue weighted by Crippen LogP contribution is 2.26. The molecule has 0 bridgehead atoms. The molecule has 0 spiro atoms. The van der Waals surface area contributed by atoms with Gasteiger partial charge in [-0.25, -0.2) is 4.98 Å². The molecular formula is C22H21N3O3. The zero-order chi connectivity index (χ0) is 19.7. The van der Waals surface area contributed by atoms with Gasteiger partial charge in [0.1, 0.15) is 17.2 Å². The first-order valence-electron chi connectivity index (χ1n) is 9.20. The Morgan fingerprint density at radius 2 is 2.14 bits per heavy atom. The molecular weight excluding hydrogens is 354 g/mol. The number of carbonyl (C=O) groups is 2. The Labute approximate surface area is 162 Å². The fourth-order valence-corrected chi connectivity index (χ4v) is 3.33. The second kappa shape index (κ2) is 7.31. The van der Waals surface area contributed by atoms with E-state index in [1.807, 2.05) is 37.3 Å². The van der Waals surface area contributed by atoms with E-state index in [-0.39, 0.29) is 11.8 Å². The van der Waals surface area contributed by atoms with Crippen molar-refractivity contribution in [1.82, 2.24) is 9.88 Å². The molecule has 3 heterocycles. The van der Waals surface area contributed by atoms with Gasteiger partial charge >= 0.3 is 0 Å². The van der Waals surface area contributed by atoms with E-state index in [4.69, 9.17) is 4.42 Å². The van der Waals surface area contributed by atoms with Crippen LogP contribution in [0.5, 0.6) is 0 Å². The molecule has 0 saturated carbocycles. The van der Waals surface area contributed by atoms with Gasteiger partial charge in [-0.2, -0.15) is 0 Å². The predicted octanol–water partition coefficient (Wildman–Crippen LogP) is 3.69. The number of nitrogens with one attached hydrogen (secondary N) is 1. The third-order valence-corrected chi connectivity index (χ3v) is 4.98. The summed E-state index contributed by atoms with van der Waals surface area (Å²) < 4.78 is 5.89. The number of hydrogen-bond donors (Lipinski definition) is 1. The highest BCUT2D eigenvalue weighted by atomic mass is 16.3. The number of aryl methyl sites for hydroxylation is 2. The van der Waals surface area contributed by atoms with E-state index in [2.05, 4.69) is 10.3 Å². The smallest absolute Gasteiger partial charge is 0.246 e. The number of pyridine rings is 1. The van der Waals surface area contributed by atoms with Gasteiger partial charge in [-0.3, -0.25) is 9.59 Å². The summed E-state index contributed by atoms with van der Waals surface area (Å²) in [6.45, 7) is 2.41. The van der Waals surface area contributed by atoms with Gasteiger partial charge in [0.15, 0.2) is 0 Å². The molecule has 28 heavy (non-hydrogen) atoms. The highest BCUT2D eigenvalue weighted by molar-refractivity contribution is 5.94. The zero-order valence-corrected chi connectivity index (χ0v) is 15.9. The first kappa shape index (κ1) is 18.0. The van der Waals surface area contributed by atoms with Crippen molar-refractivity contribution >= 4 is 34.7 Å². The Morgan fingerprint density at radius 3 is 2.96 bits per heavy atom. The predicted molar refractivity (Wildman–Crippen MR) is 108 cm³/mol. The quantitative estimate of drug-likeness (QED) is 0.706. The summed E-state index contributed by atoms with van der Waals surface area (Å²) in [6.07, 6.45) is 6.05. The minimum absolute atomic E-state index is 0.0130. The molecule has 0 atom stereocenters. The van der Waals surface area contributed by atoms with Gasteiger partial charge in [0.2, 0.25) is 11.8 Å². The van der Waals surface area contributed by atoms with Crippen molar-refractivity contribution in [3.8, 4) is 0 Å². The lowest BCUT2D eigenvalue weighted by atomic mass is 10.0. The van der Waals surface area contributed by atoms with E-state index in [9.17, 15) is 9.59 Å². The van der Waals surface area contributed by atoms with Crippen molar-refractivity contribution < 1.29 is 14.0 Å². The third kappa shape index (κ3) is 3.53. The summed E-state index contributed by atoms with van der Waals surface area (Å²) in [7, 11) is 1.75. The molecule has 4 rings (SSSR count). The van der Waals surface area contributed by atoms with Crippen LogP contribution in [-0.2, 0) is 22.6 Å². The number of anilines is 1. The summed E-state index contributed by atoms with van der Waals surface area (Å²) in [5.74, 6) is 1.26. The van der Waals surface area contributed by atoms with Crippen LogP contribution in [0.4, 0.5) is 5.82 Å². The molecule has 0 fully saturated rings. The first-order valence-corrected chi connectivity index (χ1v) is 9.20. The number of likely N-dealkylation sites (N-methyl/N-ethyl adjacent to an activating group) is 1. The van der Waals surface area contributed by atoms with Crippen molar-refractivity contribution in [3.05, 3.63) is 65.1 Å². The molecule has 0 unspecified atom stereocenters. The maximum Gasteiger partial charge on any atom is 0.246 e. The molecule has 6 heteroatoms. The van der Waals surface area contributed by atoms with Crippen LogP contribution in [0, 0.1) is 6.92 Å². The fraction of sp³-hybridized carbons (Fsp3) is 0.227. The average Bonchev–Trinajstić information content (AvgIpc) is 3.01. The molecule has 0 saturated heterocycles. The largest absolute Gasteiger partial charge is 0.459 e. The SMILES string of the molecule is Cc1c(CN(C)C(=O)C=Cc2cnc3c(c2)CCC(=O)N3)oc2ccccc12. The maximum absolute atomic E-state index is 12.5. The molecule has 1 N–H and O–H groups in total. The molecule has 0 radical (unpaired) electrons. The van der Waals surface area contributed by atoms with E-state index < -0.39 is 0 Å². The molecule has 2 amide bonds. The van der Waals surface area contributed by atoms with Crippen molar-refractivity contribution in [2.24, 2.45) is 0 Å². The monoisotopic (exact) mass is 375 g/mol. The van der Waals surface area contributed by atoms with Crippen molar-refractivity contribution in [3.63, 3.8) is 0 Å². The Bertz CT molecular complexity index is 1100. The summed E-state index contributed by atoms with van der Waals surface area (Å²) in [6, 6.07) is 9.81. The molecule has 0 aliphatic carbocycles. The lowest BCUT2D eigenvalue weighted by Gasteiger charge is -2.16. The Balaban J connectivity index is 1.45. The average molecular weight is 375 g/mol. The van der Waals surface area contributed by atoms with Gasteiger partial charge in [0.25, 0.3) is 0 Å². The molecule has 1 aromatic carbocycles. The van der Waals surface area contributed by atoms with Gasteiger partial charge in [0.05, 0.1) is 6.54 Å². The Morgan fingerprint density at radius 1 is 1.32 bits per heavy atom. The third-order valence-electron chi connectivity index (χ3n) is 4.98. The van der Waals surface area contributed by atoms with Crippen molar-refractivity contribution in [1.29, 1.82) is 0 Å². The number of furan rings is 1. The summed E-state index contributed by atoms with van der Waals surface area (Å²) in [4.78, 5) is 29.8. The normalized spacial score (nSPS) is 13.6. The number of rotatable bonds is 4. The fourth-order valence-electron chi connectivity index (χ4n) is 3.33. The summed E-state index contributed by atoms with van der Waals surface area (Å²) >= 11 is 0. The number of nitrogens with zero attached hydrogens (tertiary/aromatic N) is 2. The minimum Gasteiger partial charge on any atom is -0.459 e. The van der Waals surface area contributed by atoms with Gasteiger partial charge in [-0.1, -0.05) is 18.2 Å². The lowest BCUT2D eigenvalue weighted by molar-refractivity contribution is -0.125. The molecule has 2 aromatic heterocycles. The molecule has 1 aliphatic heterocycles. The van der Waals surface area contributed by atoms with E-state index in [1.165, 1.54) is 6.08 Å². The first-order chi connectivity index (χ1) is 13.5. The summed E-state index contributed by atoms with van der Waals surface area (Å²) in [5, 5.41) is 3.82. The van der Waals surface area contributed by atoms with Crippen LogP contribution in [-0.4, -0.2) is 28.7 Å². The van der Waals surface area contributed by atoms with Crippen LogP contribution >= 0.6 is 0 Å². The number of carbonyl (C=O) groups excluding carboxylic acids is 2. The lowest BCUT2D eigenvalue weighted by Crippen LogP contribution is -2.24. The van der Waals surface area contributed by atoms with Gasteiger partial charge < -0.3 is 14.6 Å². The van der Waals surface area contributed by atoms with Gasteiger partial charge in [-0.15, -0.1) is 0 Å². The molecule has 3 aromatic rings. The van der Waals surface area contributed by atoms with Crippen LogP contribution in [0.25, 0.3) is 17.0 Å². The standard InChI is InChI=1S/C22H21N3O3/c1-14-17-5-3-4-6-18(17)28-19(14)13-25(2)21(27)10-7-15-11-16-8-9-20(26)24-22(16)23-12-15/h3-7,10-12H,8-9,13H2,1-2H3,(H,23,24,26). The maximum atomic E-state index is 12.5. The van der Waals surface area contributed by atoms with Crippen LogP contribution in [0.3, 0.4) is 0 Å². The Hall–Kier alpha value is -3.41. The van der Waals surface area contributed by atoms with Crippen LogP contribution in [0.15, 0.2) is 47.0 Å². The number of hydrogen-bond acceptors (Lipinski definition) is 4. The van der Waals surface area contributed by atoms with E-state index >= 15 is 0 Å². The topological polar surface area (TPSA) is 75.4 Å². The highest BCUT2D eigenvalue weighted by Gasteiger charge is 2.16. The van der Waals surface area contributed by atoms with Crippen molar-refractivity contribution in [2.45, 2.75) is 26.3 Å². The van der Waals surface area contributed by atoms with E-state index in [0.29, 0.717) is 25.2 Å². The summed E-state index contributed by atoms with van der Waals surface area (Å²) in [5.41, 5.74) is 3.70. The molecule has 142 valence electrons. The number of fused-ring (bicyclic) bond motifs is 2.